The van der Waals surface area contributed by atoms with Gasteiger partial charge in [-0.15, -0.1) is 0 Å². The van der Waals surface area contributed by atoms with E-state index in [1.54, 1.807) is 42.7 Å². The summed E-state index contributed by atoms with van der Waals surface area (Å²) in [6, 6.07) is 0.221. The van der Waals surface area contributed by atoms with E-state index < -0.39 is 0 Å². The van der Waals surface area contributed by atoms with Gasteiger partial charge in [-0.1, -0.05) is 12.2 Å². The predicted octanol–water partition coefficient (Wildman–Crippen LogP) is 1.95. The number of nitrogens with zero attached hydrogens (tertiary/aromatic N) is 2. The van der Waals surface area contributed by atoms with Crippen LogP contribution in [0.5, 0.6) is 0 Å². The summed E-state index contributed by atoms with van der Waals surface area (Å²) in [5, 5.41) is 3.47. The van der Waals surface area contributed by atoms with Crippen LogP contribution in [0.4, 0.5) is 0 Å². The molecule has 5 unspecified atom stereocenters. The fourth-order valence-corrected chi connectivity index (χ4v) is 5.19. The molecule has 2 aliphatic carbocycles. The van der Waals surface area contributed by atoms with Gasteiger partial charge < -0.3 is 33.7 Å². The van der Waals surface area contributed by atoms with Crippen LogP contribution in [-0.2, 0) is 28.4 Å². The second-order valence-electron chi connectivity index (χ2n) is 9.00. The van der Waals surface area contributed by atoms with Crippen LogP contribution < -0.4 is 5.32 Å². The van der Waals surface area contributed by atoms with Crippen LogP contribution in [0, 0.1) is 0 Å². The Kier molecular flexibility index (Phi) is 10.7. The fourth-order valence-electron chi connectivity index (χ4n) is 5.19. The molecule has 0 radical (unpaired) electrons. The van der Waals surface area contributed by atoms with Crippen LogP contribution in [0.3, 0.4) is 0 Å². The normalized spacial score (nSPS) is 38.9. The third kappa shape index (κ3) is 6.74. The zero-order valence-corrected chi connectivity index (χ0v) is 21.3. The molecule has 192 valence electrons. The lowest BCUT2D eigenvalue weighted by molar-refractivity contribution is -0.131. The predicted molar refractivity (Wildman–Crippen MR) is 132 cm³/mol. The van der Waals surface area contributed by atoms with Crippen molar-refractivity contribution in [3.05, 3.63) is 23.9 Å². The van der Waals surface area contributed by atoms with E-state index in [-0.39, 0.29) is 54.7 Å². The van der Waals surface area contributed by atoms with E-state index in [0.717, 1.165) is 31.4 Å². The van der Waals surface area contributed by atoms with E-state index in [4.69, 9.17) is 38.4 Å². The van der Waals surface area contributed by atoms with Gasteiger partial charge in [0.05, 0.1) is 48.2 Å². The summed E-state index contributed by atoms with van der Waals surface area (Å²) in [5.74, 6) is 0. The van der Waals surface area contributed by atoms with Crippen LogP contribution >= 0.6 is 0 Å². The number of nitrogens with one attached hydrogen (secondary N) is 1. The van der Waals surface area contributed by atoms with E-state index in [2.05, 4.69) is 11.4 Å². The van der Waals surface area contributed by atoms with E-state index in [9.17, 15) is 0 Å². The van der Waals surface area contributed by atoms with Gasteiger partial charge in [-0.05, 0) is 31.8 Å². The molecular formula is C25H41N3O6. The number of allylic oxidation sites excluding steroid dienone is 3. The van der Waals surface area contributed by atoms with Gasteiger partial charge >= 0.3 is 0 Å². The van der Waals surface area contributed by atoms with Crippen molar-refractivity contribution in [2.75, 3.05) is 42.7 Å². The maximum absolute atomic E-state index is 5.64. The minimum atomic E-state index is -0.0774. The lowest BCUT2D eigenvalue weighted by Crippen LogP contribution is -2.48. The maximum Gasteiger partial charge on any atom is 0.109 e. The van der Waals surface area contributed by atoms with Crippen molar-refractivity contribution in [1.82, 2.24) is 5.32 Å². The first kappa shape index (κ1) is 27.0. The highest BCUT2D eigenvalue weighted by Gasteiger charge is 2.39. The Morgan fingerprint density at radius 3 is 1.62 bits per heavy atom. The maximum atomic E-state index is 5.64. The van der Waals surface area contributed by atoms with Crippen LogP contribution in [0.2, 0.25) is 0 Å². The Morgan fingerprint density at radius 1 is 0.706 bits per heavy atom. The number of ether oxygens (including phenoxy) is 6. The van der Waals surface area contributed by atoms with Crippen molar-refractivity contribution >= 4 is 12.4 Å². The molecule has 3 rings (SSSR count). The number of dihydropyridines is 1. The summed E-state index contributed by atoms with van der Waals surface area (Å²) in [5.41, 5.74) is 0.948. The Bertz CT molecular complexity index is 714. The molecule has 0 aromatic heterocycles. The monoisotopic (exact) mass is 479 g/mol. The van der Waals surface area contributed by atoms with E-state index in [0.29, 0.717) is 0 Å². The first-order valence-corrected chi connectivity index (χ1v) is 11.9. The van der Waals surface area contributed by atoms with Crippen LogP contribution in [0.15, 0.2) is 33.9 Å². The molecule has 0 saturated heterocycles. The Hall–Kier alpha value is -1.62. The van der Waals surface area contributed by atoms with Crippen LogP contribution in [0.1, 0.15) is 25.7 Å². The van der Waals surface area contributed by atoms with Crippen molar-refractivity contribution < 1.29 is 28.4 Å². The molecule has 0 bridgehead atoms. The average Bonchev–Trinajstić information content (AvgIpc) is 2.89. The van der Waals surface area contributed by atoms with Crippen LogP contribution in [-0.4, -0.2) is 110 Å². The number of rotatable bonds is 10. The van der Waals surface area contributed by atoms with Gasteiger partial charge in [0.1, 0.15) is 12.2 Å². The van der Waals surface area contributed by atoms with Gasteiger partial charge in [-0.3, -0.25) is 9.98 Å². The van der Waals surface area contributed by atoms with Gasteiger partial charge in [-0.2, -0.15) is 0 Å². The molecule has 9 heteroatoms. The van der Waals surface area contributed by atoms with Crippen LogP contribution in [0.25, 0.3) is 0 Å². The minimum Gasteiger partial charge on any atom is -0.379 e. The lowest BCUT2D eigenvalue weighted by Gasteiger charge is -2.38. The molecular weight excluding hydrogens is 438 g/mol. The second-order valence-corrected chi connectivity index (χ2v) is 9.00. The topological polar surface area (TPSA) is 92.1 Å². The molecule has 1 heterocycles. The molecule has 1 aliphatic heterocycles. The highest BCUT2D eigenvalue weighted by molar-refractivity contribution is 5.81. The summed E-state index contributed by atoms with van der Waals surface area (Å²) >= 11 is 0. The molecule has 3 aliphatic rings. The lowest BCUT2D eigenvalue weighted by atomic mass is 9.88. The number of methoxy groups -OCH3 is 6. The second kappa shape index (κ2) is 13.5. The Labute approximate surface area is 203 Å². The molecule has 0 spiro atoms. The van der Waals surface area contributed by atoms with Crippen molar-refractivity contribution in [3.63, 3.8) is 0 Å². The Balaban J connectivity index is 1.56. The van der Waals surface area contributed by atoms with Crippen molar-refractivity contribution in [2.24, 2.45) is 9.98 Å². The summed E-state index contributed by atoms with van der Waals surface area (Å²) in [7, 11) is 10.2. The van der Waals surface area contributed by atoms with Gasteiger partial charge in [-0.25, -0.2) is 0 Å². The standard InChI is InChI=1S/C25H41N3O6/c1-29-20-10-18(11-21(30-2)24(20)33-5)26-14-16-8-7-9-17(28-16)15-27-19-12-22(31-3)25(34-6)23(13-19)32-4/h7-9,14-16,18-25,28H,10-13H2,1-6H3. The quantitative estimate of drug-likeness (QED) is 0.479. The Morgan fingerprint density at radius 2 is 1.18 bits per heavy atom. The first-order chi connectivity index (χ1) is 16.6. The summed E-state index contributed by atoms with van der Waals surface area (Å²) in [6.45, 7) is 0. The average molecular weight is 480 g/mol. The van der Waals surface area contributed by atoms with Gasteiger partial charge in [0.15, 0.2) is 0 Å². The molecule has 2 fully saturated rings. The molecule has 0 amide bonds. The van der Waals surface area contributed by atoms with E-state index in [1.807, 2.05) is 24.6 Å². The summed E-state index contributed by atoms with van der Waals surface area (Å²) < 4.78 is 33.8. The molecule has 0 aromatic carbocycles. The van der Waals surface area contributed by atoms with E-state index >= 15 is 0 Å². The molecule has 0 aromatic rings. The van der Waals surface area contributed by atoms with Gasteiger partial charge in [0.25, 0.3) is 0 Å². The van der Waals surface area contributed by atoms with Crippen molar-refractivity contribution in [2.45, 2.75) is 80.4 Å². The molecule has 34 heavy (non-hydrogen) atoms. The largest absolute Gasteiger partial charge is 0.379 e. The zero-order valence-electron chi connectivity index (χ0n) is 21.3. The fraction of sp³-hybridized carbons (Fsp3) is 0.760. The van der Waals surface area contributed by atoms with Gasteiger partial charge in [0.2, 0.25) is 0 Å². The summed E-state index contributed by atoms with van der Waals surface area (Å²) in [4.78, 5) is 9.66. The number of aliphatic imine (C=N–C) groups is 2. The highest BCUT2D eigenvalue weighted by atomic mass is 16.6. The molecule has 2 saturated carbocycles. The highest BCUT2D eigenvalue weighted by Crippen LogP contribution is 2.29. The molecule has 1 N–H and O–H groups in total. The third-order valence-electron chi connectivity index (χ3n) is 7.05. The minimum absolute atomic E-state index is 0.00346. The van der Waals surface area contributed by atoms with Gasteiger partial charge in [0, 0.05) is 55.1 Å². The smallest absolute Gasteiger partial charge is 0.109 e. The number of hydrogen-bond acceptors (Lipinski definition) is 9. The van der Waals surface area contributed by atoms with E-state index in [1.165, 1.54) is 0 Å². The van der Waals surface area contributed by atoms with Crippen molar-refractivity contribution in [3.8, 4) is 0 Å². The first-order valence-electron chi connectivity index (χ1n) is 11.9. The number of hydrogen-bond donors (Lipinski definition) is 1. The SMILES string of the molecule is COC1CC(N=CC2=CC=CC(C=NC3CC(OC)C(OC)C(OC)C3)N2)CC(OC)C1OC. The molecule has 9 nitrogen and oxygen atoms in total. The molecule has 5 atom stereocenters. The zero-order chi connectivity index (χ0) is 24.5. The third-order valence-corrected chi connectivity index (χ3v) is 7.05. The summed E-state index contributed by atoms with van der Waals surface area (Å²) in [6.07, 6.45) is 12.9. The van der Waals surface area contributed by atoms with Crippen molar-refractivity contribution in [1.29, 1.82) is 0 Å².